The Hall–Kier alpha value is -2.55. The van der Waals surface area contributed by atoms with Gasteiger partial charge in [0.05, 0.1) is 16.4 Å². The predicted octanol–water partition coefficient (Wildman–Crippen LogP) is 5.65. The van der Waals surface area contributed by atoms with Crippen molar-refractivity contribution < 1.29 is 9.53 Å². The Morgan fingerprint density at radius 1 is 1.11 bits per heavy atom. The lowest BCUT2D eigenvalue weighted by Gasteiger charge is -2.07. The summed E-state index contributed by atoms with van der Waals surface area (Å²) in [6.07, 6.45) is 1.61. The Morgan fingerprint density at radius 2 is 1.89 bits per heavy atom. The van der Waals surface area contributed by atoms with E-state index < -0.39 is 0 Å². The lowest BCUT2D eigenvalue weighted by atomic mass is 10.2. The Balaban J connectivity index is 1.67. The van der Waals surface area contributed by atoms with Crippen LogP contribution in [0.15, 0.2) is 53.4 Å². The molecule has 1 N–H and O–H groups in total. The van der Waals surface area contributed by atoms with E-state index in [1.807, 2.05) is 35.9 Å². The summed E-state index contributed by atoms with van der Waals surface area (Å²) in [5.41, 5.74) is 1.29. The third-order valence-electron chi connectivity index (χ3n) is 3.64. The van der Waals surface area contributed by atoms with Crippen LogP contribution in [-0.4, -0.2) is 22.5 Å². The van der Waals surface area contributed by atoms with Crippen molar-refractivity contribution in [1.29, 1.82) is 0 Å². The van der Waals surface area contributed by atoms with Gasteiger partial charge in [0.1, 0.15) is 11.3 Å². The number of nitrogens with zero attached hydrogens (tertiary/aromatic N) is 2. The first-order chi connectivity index (χ1) is 13.3. The van der Waals surface area contributed by atoms with Gasteiger partial charge in [0.25, 0.3) is 5.91 Å². The highest BCUT2D eigenvalue weighted by Gasteiger charge is 2.20. The molecule has 136 valence electrons. The van der Waals surface area contributed by atoms with E-state index in [-0.39, 0.29) is 5.91 Å². The Kier molecular flexibility index (Phi) is 5.28. The monoisotopic (exact) mass is 413 g/mol. The molecule has 8 heteroatoms. The van der Waals surface area contributed by atoms with Gasteiger partial charge in [0.2, 0.25) is 5.88 Å². The zero-order valence-corrected chi connectivity index (χ0v) is 16.8. The van der Waals surface area contributed by atoms with Gasteiger partial charge in [-0.25, -0.2) is 9.97 Å². The van der Waals surface area contributed by atoms with E-state index in [4.69, 9.17) is 9.72 Å². The van der Waals surface area contributed by atoms with Crippen molar-refractivity contribution in [2.75, 3.05) is 11.9 Å². The summed E-state index contributed by atoms with van der Waals surface area (Å²) in [4.78, 5) is 24.8. The summed E-state index contributed by atoms with van der Waals surface area (Å²) >= 11 is 4.76. The summed E-state index contributed by atoms with van der Waals surface area (Å²) in [7, 11) is 0. The van der Waals surface area contributed by atoms with Crippen LogP contribution in [0.25, 0.3) is 20.3 Å². The Labute approximate surface area is 168 Å². The fourth-order valence-electron chi connectivity index (χ4n) is 2.51. The smallest absolute Gasteiger partial charge is 0.262 e. The summed E-state index contributed by atoms with van der Waals surface area (Å²) < 4.78 is 5.46. The SMILES string of the molecule is CCOc1ncccc1C(=O)Nc1nc(-c2cccs2)c(-c2cccs2)s1. The summed E-state index contributed by atoms with van der Waals surface area (Å²) in [6.45, 7) is 2.30. The topological polar surface area (TPSA) is 64.1 Å². The number of anilines is 1. The second-order valence-electron chi connectivity index (χ2n) is 5.39. The molecular weight excluding hydrogens is 398 g/mol. The molecule has 0 atom stereocenters. The molecule has 5 nitrogen and oxygen atoms in total. The van der Waals surface area contributed by atoms with Crippen LogP contribution in [0.1, 0.15) is 17.3 Å². The first-order valence-electron chi connectivity index (χ1n) is 8.24. The fourth-order valence-corrected chi connectivity index (χ4v) is 5.12. The van der Waals surface area contributed by atoms with Crippen LogP contribution in [0.2, 0.25) is 0 Å². The standard InChI is InChI=1S/C19H15N3O2S3/c1-2-24-18-12(6-3-9-20-18)17(23)22-19-21-15(13-7-4-10-25-13)16(27-19)14-8-5-11-26-14/h3-11H,2H2,1H3,(H,21,22,23). The maximum absolute atomic E-state index is 12.7. The van der Waals surface area contributed by atoms with Gasteiger partial charge in [-0.15, -0.1) is 22.7 Å². The van der Waals surface area contributed by atoms with Crippen LogP contribution >= 0.6 is 34.0 Å². The minimum atomic E-state index is -0.282. The molecule has 0 unspecified atom stereocenters. The number of rotatable bonds is 6. The second kappa shape index (κ2) is 7.99. The molecule has 0 fully saturated rings. The first kappa shape index (κ1) is 17.8. The van der Waals surface area contributed by atoms with Gasteiger partial charge in [-0.1, -0.05) is 23.5 Å². The summed E-state index contributed by atoms with van der Waals surface area (Å²) in [6, 6.07) is 11.5. The van der Waals surface area contributed by atoms with Crippen molar-refractivity contribution in [3.8, 4) is 26.2 Å². The molecule has 0 aliphatic rings. The Morgan fingerprint density at radius 3 is 2.59 bits per heavy atom. The van der Waals surface area contributed by atoms with Crippen molar-refractivity contribution in [2.24, 2.45) is 0 Å². The summed E-state index contributed by atoms with van der Waals surface area (Å²) in [5.74, 6) is 0.0433. The van der Waals surface area contributed by atoms with Crippen LogP contribution in [0, 0.1) is 0 Å². The fraction of sp³-hybridized carbons (Fsp3) is 0.105. The van der Waals surface area contributed by atoms with Crippen LogP contribution in [0.5, 0.6) is 5.88 Å². The lowest BCUT2D eigenvalue weighted by Crippen LogP contribution is -2.14. The van der Waals surface area contributed by atoms with E-state index in [2.05, 4.69) is 16.4 Å². The maximum Gasteiger partial charge on any atom is 0.262 e. The minimum Gasteiger partial charge on any atom is -0.477 e. The molecule has 0 radical (unpaired) electrons. The molecule has 4 rings (SSSR count). The third-order valence-corrected chi connectivity index (χ3v) is 6.54. The van der Waals surface area contributed by atoms with Gasteiger partial charge in [0.15, 0.2) is 5.13 Å². The highest BCUT2D eigenvalue weighted by molar-refractivity contribution is 7.24. The van der Waals surface area contributed by atoms with Crippen molar-refractivity contribution in [3.05, 3.63) is 58.9 Å². The number of carbonyl (C=O) groups excluding carboxylic acids is 1. The largest absolute Gasteiger partial charge is 0.477 e. The molecular formula is C19H15N3O2S3. The highest BCUT2D eigenvalue weighted by atomic mass is 32.1. The minimum absolute atomic E-state index is 0.282. The predicted molar refractivity (Wildman–Crippen MR) is 112 cm³/mol. The van der Waals surface area contributed by atoms with Crippen LogP contribution in [-0.2, 0) is 0 Å². The van der Waals surface area contributed by atoms with Crippen LogP contribution in [0.4, 0.5) is 5.13 Å². The number of hydrogen-bond donors (Lipinski definition) is 1. The number of hydrogen-bond acceptors (Lipinski definition) is 7. The number of pyridine rings is 1. The molecule has 0 saturated carbocycles. The van der Waals surface area contributed by atoms with E-state index in [0.717, 1.165) is 20.3 Å². The molecule has 1 amide bonds. The van der Waals surface area contributed by atoms with Gasteiger partial charge < -0.3 is 4.74 Å². The average molecular weight is 414 g/mol. The molecule has 0 aromatic carbocycles. The normalized spacial score (nSPS) is 10.7. The van der Waals surface area contributed by atoms with E-state index in [9.17, 15) is 4.79 Å². The number of ether oxygens (including phenoxy) is 1. The molecule has 4 aromatic rings. The quantitative estimate of drug-likeness (QED) is 0.444. The number of thiazole rings is 1. The summed E-state index contributed by atoms with van der Waals surface area (Å²) in [5, 5.41) is 7.51. The lowest BCUT2D eigenvalue weighted by molar-refractivity contribution is 0.102. The number of carbonyl (C=O) groups is 1. The van der Waals surface area contributed by atoms with Crippen molar-refractivity contribution >= 4 is 45.0 Å². The molecule has 4 aromatic heterocycles. The van der Waals surface area contributed by atoms with E-state index in [1.165, 1.54) is 11.3 Å². The number of nitrogens with one attached hydrogen (secondary N) is 1. The maximum atomic E-state index is 12.7. The van der Waals surface area contributed by atoms with Crippen LogP contribution < -0.4 is 10.1 Å². The highest BCUT2D eigenvalue weighted by Crippen LogP contribution is 2.42. The van der Waals surface area contributed by atoms with Crippen molar-refractivity contribution in [2.45, 2.75) is 6.92 Å². The molecule has 0 spiro atoms. The van der Waals surface area contributed by atoms with Gasteiger partial charge >= 0.3 is 0 Å². The van der Waals surface area contributed by atoms with Gasteiger partial charge in [0, 0.05) is 11.1 Å². The van der Waals surface area contributed by atoms with Gasteiger partial charge in [-0.3, -0.25) is 10.1 Å². The van der Waals surface area contributed by atoms with E-state index in [1.54, 1.807) is 41.0 Å². The van der Waals surface area contributed by atoms with Crippen molar-refractivity contribution in [3.63, 3.8) is 0 Å². The van der Waals surface area contributed by atoms with Crippen LogP contribution in [0.3, 0.4) is 0 Å². The van der Waals surface area contributed by atoms with Crippen molar-refractivity contribution in [1.82, 2.24) is 9.97 Å². The van der Waals surface area contributed by atoms with E-state index >= 15 is 0 Å². The average Bonchev–Trinajstić information content (AvgIpc) is 3.43. The molecule has 0 bridgehead atoms. The molecule has 4 heterocycles. The Bertz CT molecular complexity index is 989. The number of aromatic nitrogens is 2. The molecule has 0 aliphatic carbocycles. The molecule has 27 heavy (non-hydrogen) atoms. The van der Waals surface area contributed by atoms with Gasteiger partial charge in [-0.05, 0) is 41.9 Å². The number of amides is 1. The second-order valence-corrected chi connectivity index (χ2v) is 8.29. The third kappa shape index (κ3) is 3.78. The van der Waals surface area contributed by atoms with E-state index in [0.29, 0.717) is 23.2 Å². The molecule has 0 aliphatic heterocycles. The van der Waals surface area contributed by atoms with Gasteiger partial charge in [-0.2, -0.15) is 0 Å². The zero-order valence-electron chi connectivity index (χ0n) is 14.3. The number of thiophene rings is 2. The first-order valence-corrected chi connectivity index (χ1v) is 10.8. The molecule has 0 saturated heterocycles. The zero-order chi connectivity index (χ0) is 18.6.